The van der Waals surface area contributed by atoms with E-state index in [1.807, 2.05) is 0 Å². The number of pyridine rings is 1. The molecule has 4 aromatic rings. The van der Waals surface area contributed by atoms with Crippen LogP contribution in [0.15, 0.2) is 77.6 Å². The van der Waals surface area contributed by atoms with Crippen LogP contribution in [-0.4, -0.2) is 51.1 Å². The Hall–Kier alpha value is -3.89. The van der Waals surface area contributed by atoms with E-state index in [1.165, 1.54) is 36.4 Å². The zero-order valence-electron chi connectivity index (χ0n) is 21.6. The quantitative estimate of drug-likeness (QED) is 0.132. The Labute approximate surface area is 235 Å². The van der Waals surface area contributed by atoms with Crippen LogP contribution in [0.4, 0.5) is 0 Å². The van der Waals surface area contributed by atoms with Crippen molar-refractivity contribution in [2.75, 3.05) is 19.7 Å². The van der Waals surface area contributed by atoms with Crippen LogP contribution >= 0.6 is 11.6 Å². The molecule has 1 heterocycles. The third-order valence-electron chi connectivity index (χ3n) is 6.70. The average molecular weight is 567 g/mol. The summed E-state index contributed by atoms with van der Waals surface area (Å²) in [6.07, 6.45) is 1.62. The first-order valence-electron chi connectivity index (χ1n) is 12.9. The fourth-order valence-corrected chi connectivity index (χ4v) is 4.85. The number of rotatable bonds is 13. The Balaban J connectivity index is 1.23. The molecule has 210 valence electrons. The Morgan fingerprint density at radius 2 is 1.82 bits per heavy atom. The summed E-state index contributed by atoms with van der Waals surface area (Å²) in [4.78, 5) is 26.3. The van der Waals surface area contributed by atoms with Gasteiger partial charge in [0.05, 0.1) is 18.2 Å². The number of H-pyrrole nitrogens is 1. The van der Waals surface area contributed by atoms with Crippen molar-refractivity contribution in [3.05, 3.63) is 105 Å². The number of halogens is 1. The van der Waals surface area contributed by atoms with Crippen molar-refractivity contribution < 1.29 is 30.0 Å². The number of benzene rings is 3. The van der Waals surface area contributed by atoms with E-state index in [9.17, 15) is 30.0 Å². The van der Waals surface area contributed by atoms with Gasteiger partial charge in [-0.1, -0.05) is 48.0 Å². The second-order valence-corrected chi connectivity index (χ2v) is 9.84. The Morgan fingerprint density at radius 1 is 1.02 bits per heavy atom. The summed E-state index contributed by atoms with van der Waals surface area (Å²) in [6.45, 7) is 1.38. The standard InChI is InChI=1S/C30H31ClN2O7/c31-24-10-3-2-9-23(24)30(39,29(37)38)19-7-6-8-20(17-19)40-16-5-1-4-15-32-18-26(35)21-11-13-25(34)28-22(21)12-14-27(36)33-28/h2-3,6-14,17,26,32,34-35,39H,1,4-5,15-16,18H2,(H,33,36)(H,37,38). The van der Waals surface area contributed by atoms with Crippen molar-refractivity contribution in [3.63, 3.8) is 0 Å². The van der Waals surface area contributed by atoms with Crippen LogP contribution in [0.1, 0.15) is 42.1 Å². The molecule has 0 saturated carbocycles. The maximum Gasteiger partial charge on any atom is 0.345 e. The van der Waals surface area contributed by atoms with Gasteiger partial charge in [-0.05, 0) is 61.7 Å². The third-order valence-corrected chi connectivity index (χ3v) is 7.02. The molecule has 40 heavy (non-hydrogen) atoms. The number of aromatic amines is 1. The van der Waals surface area contributed by atoms with Crippen molar-refractivity contribution >= 4 is 28.5 Å². The van der Waals surface area contributed by atoms with Gasteiger partial charge >= 0.3 is 5.97 Å². The van der Waals surface area contributed by atoms with Gasteiger partial charge in [0.2, 0.25) is 11.2 Å². The van der Waals surface area contributed by atoms with Crippen LogP contribution in [0, 0.1) is 0 Å². The molecule has 0 spiro atoms. The number of hydrogen-bond acceptors (Lipinski definition) is 7. The Bertz CT molecular complexity index is 1540. The van der Waals surface area contributed by atoms with E-state index < -0.39 is 17.7 Å². The highest BCUT2D eigenvalue weighted by Gasteiger charge is 2.42. The topological polar surface area (TPSA) is 152 Å². The number of nitrogens with one attached hydrogen (secondary N) is 2. The number of hydrogen-bond donors (Lipinski definition) is 6. The van der Waals surface area contributed by atoms with E-state index in [1.54, 1.807) is 36.4 Å². The molecule has 2 unspecified atom stereocenters. The number of aliphatic hydroxyl groups is 2. The van der Waals surface area contributed by atoms with Crippen LogP contribution in [0.3, 0.4) is 0 Å². The van der Waals surface area contributed by atoms with E-state index >= 15 is 0 Å². The summed E-state index contributed by atoms with van der Waals surface area (Å²) in [7, 11) is 0. The number of phenolic OH excluding ortho intramolecular Hbond substituents is 1. The monoisotopic (exact) mass is 566 g/mol. The van der Waals surface area contributed by atoms with Crippen molar-refractivity contribution in [2.24, 2.45) is 0 Å². The number of aliphatic carboxylic acids is 1. The molecule has 3 aromatic carbocycles. The van der Waals surface area contributed by atoms with E-state index in [4.69, 9.17) is 16.3 Å². The number of fused-ring (bicyclic) bond motifs is 1. The second-order valence-electron chi connectivity index (χ2n) is 9.44. The molecule has 10 heteroatoms. The molecular weight excluding hydrogens is 536 g/mol. The summed E-state index contributed by atoms with van der Waals surface area (Å²) in [6, 6.07) is 18.7. The average Bonchev–Trinajstić information content (AvgIpc) is 2.94. The van der Waals surface area contributed by atoms with Gasteiger partial charge in [0, 0.05) is 34.1 Å². The second kappa shape index (κ2) is 13.0. The van der Waals surface area contributed by atoms with Gasteiger partial charge in [-0.25, -0.2) is 4.79 Å². The predicted molar refractivity (Wildman–Crippen MR) is 152 cm³/mol. The number of carboxylic acids is 1. The molecule has 9 nitrogen and oxygen atoms in total. The van der Waals surface area contributed by atoms with Gasteiger partial charge in [0.1, 0.15) is 11.5 Å². The molecule has 4 rings (SSSR count). The zero-order chi connectivity index (χ0) is 28.7. The smallest absolute Gasteiger partial charge is 0.345 e. The third kappa shape index (κ3) is 6.46. The van der Waals surface area contributed by atoms with Crippen LogP contribution in [-0.2, 0) is 10.4 Å². The highest BCUT2D eigenvalue weighted by molar-refractivity contribution is 6.31. The lowest BCUT2D eigenvalue weighted by atomic mass is 9.86. The molecule has 0 aliphatic carbocycles. The highest BCUT2D eigenvalue weighted by Crippen LogP contribution is 2.36. The largest absolute Gasteiger partial charge is 0.506 e. The first-order chi connectivity index (χ1) is 19.2. The summed E-state index contributed by atoms with van der Waals surface area (Å²) in [5, 5.41) is 45.6. The van der Waals surface area contributed by atoms with Crippen molar-refractivity contribution in [3.8, 4) is 11.5 Å². The lowest BCUT2D eigenvalue weighted by molar-refractivity contribution is -0.155. The van der Waals surface area contributed by atoms with Crippen molar-refractivity contribution in [1.82, 2.24) is 10.3 Å². The van der Waals surface area contributed by atoms with Gasteiger partial charge in [0.15, 0.2) is 0 Å². The van der Waals surface area contributed by atoms with E-state index in [0.29, 0.717) is 41.9 Å². The van der Waals surface area contributed by atoms with E-state index in [-0.39, 0.29) is 27.5 Å². The molecule has 0 radical (unpaired) electrons. The van der Waals surface area contributed by atoms with Crippen molar-refractivity contribution in [2.45, 2.75) is 31.0 Å². The lowest BCUT2D eigenvalue weighted by Gasteiger charge is -2.26. The molecule has 0 aliphatic rings. The number of aromatic hydroxyl groups is 1. The number of carboxylic acid groups (broad SMARTS) is 1. The molecule has 6 N–H and O–H groups in total. The molecule has 0 aliphatic heterocycles. The number of ether oxygens (including phenoxy) is 1. The lowest BCUT2D eigenvalue weighted by Crippen LogP contribution is -2.37. The Morgan fingerprint density at radius 3 is 2.60 bits per heavy atom. The van der Waals surface area contributed by atoms with Crippen LogP contribution in [0.2, 0.25) is 5.02 Å². The van der Waals surface area contributed by atoms with E-state index in [0.717, 1.165) is 19.3 Å². The minimum atomic E-state index is -2.32. The van der Waals surface area contributed by atoms with Crippen LogP contribution < -0.4 is 15.6 Å². The first-order valence-corrected chi connectivity index (χ1v) is 13.3. The van der Waals surface area contributed by atoms with Gasteiger partial charge in [-0.3, -0.25) is 4.79 Å². The molecule has 0 fully saturated rings. The molecule has 0 bridgehead atoms. The van der Waals surface area contributed by atoms with Crippen molar-refractivity contribution in [1.29, 1.82) is 0 Å². The summed E-state index contributed by atoms with van der Waals surface area (Å²) in [5.74, 6) is -1.06. The number of unbranched alkanes of at least 4 members (excludes halogenated alkanes) is 2. The number of aromatic nitrogens is 1. The molecule has 1 aromatic heterocycles. The summed E-state index contributed by atoms with van der Waals surface area (Å²) < 4.78 is 5.81. The fraction of sp³-hybridized carbons (Fsp3) is 0.267. The highest BCUT2D eigenvalue weighted by atomic mass is 35.5. The Kier molecular flexibility index (Phi) is 9.44. The number of aliphatic hydroxyl groups excluding tert-OH is 1. The SMILES string of the molecule is O=C(O)C(O)(c1cccc(OCCCCCNCC(O)c2ccc(O)c3[nH]c(=O)ccc23)c1)c1ccccc1Cl. The predicted octanol–water partition coefficient (Wildman–Crippen LogP) is 4.08. The minimum absolute atomic E-state index is 0.0521. The van der Waals surface area contributed by atoms with Gasteiger partial charge in [0.25, 0.3) is 0 Å². The molecule has 2 atom stereocenters. The molecular formula is C30H31ClN2O7. The van der Waals surface area contributed by atoms with E-state index in [2.05, 4.69) is 10.3 Å². The number of phenols is 1. The maximum atomic E-state index is 12.1. The molecule has 0 amide bonds. The van der Waals surface area contributed by atoms with Crippen LogP contribution in [0.5, 0.6) is 11.5 Å². The normalized spacial score (nSPS) is 13.6. The van der Waals surface area contributed by atoms with Gasteiger partial charge in [-0.2, -0.15) is 0 Å². The first kappa shape index (κ1) is 29.1. The fourth-order valence-electron chi connectivity index (χ4n) is 4.58. The van der Waals surface area contributed by atoms with Gasteiger partial charge in [-0.15, -0.1) is 0 Å². The minimum Gasteiger partial charge on any atom is -0.506 e. The van der Waals surface area contributed by atoms with Crippen LogP contribution in [0.25, 0.3) is 10.9 Å². The maximum absolute atomic E-state index is 12.1. The van der Waals surface area contributed by atoms with Gasteiger partial charge < -0.3 is 35.5 Å². The zero-order valence-corrected chi connectivity index (χ0v) is 22.4. The summed E-state index contributed by atoms with van der Waals surface area (Å²) >= 11 is 6.18. The summed E-state index contributed by atoms with van der Waals surface area (Å²) in [5.41, 5.74) is -1.53. The molecule has 0 saturated heterocycles. The number of carbonyl (C=O) groups is 1.